The number of hydrogen-bond donors (Lipinski definition) is 1. The summed E-state index contributed by atoms with van der Waals surface area (Å²) in [4.78, 5) is 2.56. The van der Waals surface area contributed by atoms with E-state index >= 15 is 0 Å². The molecule has 0 saturated heterocycles. The molecule has 0 spiro atoms. The van der Waals surface area contributed by atoms with Gasteiger partial charge >= 0.3 is 0 Å². The van der Waals surface area contributed by atoms with Gasteiger partial charge in [0.25, 0.3) is 0 Å². The molecule has 17 heavy (non-hydrogen) atoms. The number of rotatable bonds is 4. The second-order valence-electron chi connectivity index (χ2n) is 5.51. The van der Waals surface area contributed by atoms with Crippen LogP contribution in [0.1, 0.15) is 19.4 Å². The van der Waals surface area contributed by atoms with Crippen molar-refractivity contribution < 1.29 is 0 Å². The van der Waals surface area contributed by atoms with Gasteiger partial charge in [0.15, 0.2) is 0 Å². The van der Waals surface area contributed by atoms with Crippen molar-refractivity contribution >= 4 is 5.69 Å². The third-order valence-corrected chi connectivity index (χ3v) is 3.52. The predicted molar refractivity (Wildman–Crippen MR) is 74.6 cm³/mol. The van der Waals surface area contributed by atoms with Gasteiger partial charge in [0.05, 0.1) is 0 Å². The van der Waals surface area contributed by atoms with Crippen molar-refractivity contribution in [2.24, 2.45) is 11.8 Å². The van der Waals surface area contributed by atoms with Crippen LogP contribution in [0.4, 0.5) is 5.69 Å². The van der Waals surface area contributed by atoms with E-state index in [1.165, 1.54) is 24.2 Å². The van der Waals surface area contributed by atoms with E-state index in [2.05, 4.69) is 48.3 Å². The molecule has 2 heteroatoms. The minimum absolute atomic E-state index is 0.693. The third-order valence-electron chi connectivity index (χ3n) is 3.52. The molecule has 1 N–H and O–H groups in total. The van der Waals surface area contributed by atoms with Crippen molar-refractivity contribution in [1.82, 2.24) is 5.32 Å². The number of nitrogens with one attached hydrogen (secondary N) is 1. The standard InChI is InChI=1S/C15H24N2/c1-12-8-14-6-4-5-7-15(14)17(10-12)11-13(2)9-16-3/h4-7,12-13,16H,8-11H2,1-3H3. The number of fused-ring (bicyclic) bond motifs is 1. The Kier molecular flexibility index (Phi) is 4.06. The van der Waals surface area contributed by atoms with Gasteiger partial charge in [-0.3, -0.25) is 0 Å². The van der Waals surface area contributed by atoms with Crippen LogP contribution in [0.2, 0.25) is 0 Å². The van der Waals surface area contributed by atoms with E-state index in [0.29, 0.717) is 5.92 Å². The van der Waals surface area contributed by atoms with Gasteiger partial charge in [0.1, 0.15) is 0 Å². The SMILES string of the molecule is CNCC(C)CN1CC(C)Cc2ccccc21. The summed E-state index contributed by atoms with van der Waals surface area (Å²) in [6.45, 7) is 8.12. The zero-order valence-corrected chi connectivity index (χ0v) is 11.2. The fraction of sp³-hybridized carbons (Fsp3) is 0.600. The van der Waals surface area contributed by atoms with Crippen molar-refractivity contribution in [2.45, 2.75) is 20.3 Å². The van der Waals surface area contributed by atoms with Gasteiger partial charge in [-0.05, 0) is 43.5 Å². The van der Waals surface area contributed by atoms with Crippen molar-refractivity contribution in [3.63, 3.8) is 0 Å². The lowest BCUT2D eigenvalue weighted by atomic mass is 9.93. The fourth-order valence-corrected chi connectivity index (χ4v) is 2.87. The molecule has 0 fully saturated rings. The molecular weight excluding hydrogens is 208 g/mol. The van der Waals surface area contributed by atoms with Gasteiger partial charge in [0.2, 0.25) is 0 Å². The second kappa shape index (κ2) is 5.54. The Morgan fingerprint density at radius 1 is 1.41 bits per heavy atom. The summed E-state index contributed by atoms with van der Waals surface area (Å²) in [7, 11) is 2.03. The fourth-order valence-electron chi connectivity index (χ4n) is 2.87. The molecule has 2 atom stereocenters. The molecule has 1 aromatic rings. The third kappa shape index (κ3) is 3.01. The molecule has 1 aliphatic rings. The molecule has 1 aliphatic heterocycles. The van der Waals surface area contributed by atoms with Gasteiger partial charge in [-0.2, -0.15) is 0 Å². The van der Waals surface area contributed by atoms with Crippen LogP contribution in [0.5, 0.6) is 0 Å². The van der Waals surface area contributed by atoms with Crippen LogP contribution in [-0.2, 0) is 6.42 Å². The summed E-state index contributed by atoms with van der Waals surface area (Å²) in [5, 5.41) is 3.27. The lowest BCUT2D eigenvalue weighted by Gasteiger charge is -2.36. The molecule has 2 nitrogen and oxygen atoms in total. The first-order chi connectivity index (χ1) is 8.20. The molecule has 2 unspecified atom stereocenters. The highest BCUT2D eigenvalue weighted by Crippen LogP contribution is 2.29. The summed E-state index contributed by atoms with van der Waals surface area (Å²) in [5.41, 5.74) is 2.97. The summed E-state index contributed by atoms with van der Waals surface area (Å²) in [6.07, 6.45) is 1.23. The monoisotopic (exact) mass is 232 g/mol. The Hall–Kier alpha value is -1.02. The quantitative estimate of drug-likeness (QED) is 0.858. The Labute approximate surface area is 105 Å². The molecule has 94 valence electrons. The highest BCUT2D eigenvalue weighted by molar-refractivity contribution is 5.55. The second-order valence-corrected chi connectivity index (χ2v) is 5.51. The molecular formula is C15H24N2. The van der Waals surface area contributed by atoms with Crippen LogP contribution >= 0.6 is 0 Å². The molecule has 0 amide bonds. The number of hydrogen-bond acceptors (Lipinski definition) is 2. The average Bonchev–Trinajstić information content (AvgIpc) is 2.29. The summed E-state index contributed by atoms with van der Waals surface area (Å²) >= 11 is 0. The Morgan fingerprint density at radius 3 is 2.94 bits per heavy atom. The van der Waals surface area contributed by atoms with E-state index in [1.807, 2.05) is 7.05 Å². The maximum atomic E-state index is 3.27. The largest absolute Gasteiger partial charge is 0.371 e. The maximum absolute atomic E-state index is 3.27. The minimum atomic E-state index is 0.693. The van der Waals surface area contributed by atoms with E-state index in [1.54, 1.807) is 0 Å². The van der Waals surface area contributed by atoms with Gasteiger partial charge in [0, 0.05) is 18.8 Å². The smallest absolute Gasteiger partial charge is 0.0399 e. The molecule has 1 aromatic carbocycles. The van der Waals surface area contributed by atoms with Gasteiger partial charge in [-0.1, -0.05) is 32.0 Å². The van der Waals surface area contributed by atoms with Crippen molar-refractivity contribution in [3.8, 4) is 0 Å². The van der Waals surface area contributed by atoms with Crippen molar-refractivity contribution in [2.75, 3.05) is 31.6 Å². The number of nitrogens with zero attached hydrogens (tertiary/aromatic N) is 1. The Bertz CT molecular complexity index is 362. The molecule has 0 aromatic heterocycles. The molecule has 0 bridgehead atoms. The van der Waals surface area contributed by atoms with Crippen molar-refractivity contribution in [3.05, 3.63) is 29.8 Å². The molecule has 1 heterocycles. The Balaban J connectivity index is 2.12. The molecule has 0 aliphatic carbocycles. The lowest BCUT2D eigenvalue weighted by molar-refractivity contribution is 0.475. The minimum Gasteiger partial charge on any atom is -0.371 e. The van der Waals surface area contributed by atoms with Crippen LogP contribution in [0.15, 0.2) is 24.3 Å². The van der Waals surface area contributed by atoms with E-state index in [-0.39, 0.29) is 0 Å². The van der Waals surface area contributed by atoms with Crippen LogP contribution in [0, 0.1) is 11.8 Å². The Morgan fingerprint density at radius 2 is 2.18 bits per heavy atom. The van der Waals surface area contributed by atoms with E-state index in [0.717, 1.165) is 19.0 Å². The first-order valence-electron chi connectivity index (χ1n) is 6.68. The van der Waals surface area contributed by atoms with Crippen LogP contribution in [0.25, 0.3) is 0 Å². The highest BCUT2D eigenvalue weighted by atomic mass is 15.1. The number of anilines is 1. The van der Waals surface area contributed by atoms with Gasteiger partial charge in [-0.15, -0.1) is 0 Å². The highest BCUT2D eigenvalue weighted by Gasteiger charge is 2.22. The van der Waals surface area contributed by atoms with Crippen molar-refractivity contribution in [1.29, 1.82) is 0 Å². The van der Waals surface area contributed by atoms with E-state index < -0.39 is 0 Å². The number of para-hydroxylation sites is 1. The maximum Gasteiger partial charge on any atom is 0.0399 e. The summed E-state index contributed by atoms with van der Waals surface area (Å²) < 4.78 is 0. The van der Waals surface area contributed by atoms with Crippen LogP contribution in [-0.4, -0.2) is 26.7 Å². The van der Waals surface area contributed by atoms with Crippen LogP contribution < -0.4 is 10.2 Å². The number of benzene rings is 1. The topological polar surface area (TPSA) is 15.3 Å². The van der Waals surface area contributed by atoms with E-state index in [9.17, 15) is 0 Å². The van der Waals surface area contributed by atoms with Crippen LogP contribution in [0.3, 0.4) is 0 Å². The molecule has 0 saturated carbocycles. The predicted octanol–water partition coefficient (Wildman–Crippen LogP) is 2.54. The average molecular weight is 232 g/mol. The zero-order valence-electron chi connectivity index (χ0n) is 11.2. The first-order valence-corrected chi connectivity index (χ1v) is 6.68. The van der Waals surface area contributed by atoms with Gasteiger partial charge in [-0.25, -0.2) is 0 Å². The zero-order chi connectivity index (χ0) is 12.3. The van der Waals surface area contributed by atoms with E-state index in [4.69, 9.17) is 0 Å². The lowest BCUT2D eigenvalue weighted by Crippen LogP contribution is -2.39. The molecule has 0 radical (unpaired) electrons. The summed E-state index contributed by atoms with van der Waals surface area (Å²) in [6, 6.07) is 8.87. The normalized spacial score (nSPS) is 21.1. The molecule has 2 rings (SSSR count). The summed E-state index contributed by atoms with van der Waals surface area (Å²) in [5.74, 6) is 1.46. The van der Waals surface area contributed by atoms with Gasteiger partial charge < -0.3 is 10.2 Å². The first kappa shape index (κ1) is 12.4.